The maximum atomic E-state index is 12.1. The van der Waals surface area contributed by atoms with Crippen LogP contribution in [0.25, 0.3) is 0 Å². The van der Waals surface area contributed by atoms with Crippen molar-refractivity contribution in [1.29, 1.82) is 0 Å². The van der Waals surface area contributed by atoms with Gasteiger partial charge in [0.05, 0.1) is 25.9 Å². The first-order valence-electron chi connectivity index (χ1n) is 6.95. The van der Waals surface area contributed by atoms with Crippen molar-refractivity contribution in [3.63, 3.8) is 0 Å². The van der Waals surface area contributed by atoms with Crippen LogP contribution in [0, 0.1) is 0 Å². The van der Waals surface area contributed by atoms with Crippen molar-refractivity contribution >= 4 is 5.97 Å². The Hall–Kier alpha value is -1.59. The molecule has 1 aromatic carbocycles. The molecular weight excluding hydrogens is 258 g/mol. The molecule has 5 nitrogen and oxygen atoms in total. The molecule has 1 atom stereocenters. The zero-order valence-corrected chi connectivity index (χ0v) is 12.1. The van der Waals surface area contributed by atoms with Crippen molar-refractivity contribution in [2.75, 3.05) is 40.0 Å². The highest BCUT2D eigenvalue weighted by Gasteiger charge is 2.20. The molecule has 1 fully saturated rings. The average Bonchev–Trinajstić information content (AvgIpc) is 2.48. The van der Waals surface area contributed by atoms with E-state index in [1.165, 1.54) is 4.90 Å². The van der Waals surface area contributed by atoms with Crippen molar-refractivity contribution in [3.05, 3.63) is 29.8 Å². The number of benzene rings is 1. The van der Waals surface area contributed by atoms with E-state index in [1.807, 2.05) is 6.92 Å². The Morgan fingerprint density at radius 2 is 2.15 bits per heavy atom. The number of esters is 1. The number of methoxy groups -OCH3 is 1. The highest BCUT2D eigenvalue weighted by atomic mass is 16.5. The molecule has 0 spiro atoms. The Morgan fingerprint density at radius 1 is 1.40 bits per heavy atom. The van der Waals surface area contributed by atoms with E-state index in [-0.39, 0.29) is 12.1 Å². The maximum Gasteiger partial charge on any atom is 0.338 e. The molecule has 1 aromatic rings. The zero-order chi connectivity index (χ0) is 14.4. The molecule has 0 unspecified atom stereocenters. The van der Waals surface area contributed by atoms with Crippen molar-refractivity contribution in [3.8, 4) is 5.75 Å². The van der Waals surface area contributed by atoms with Crippen LogP contribution in [0.5, 0.6) is 5.75 Å². The van der Waals surface area contributed by atoms with E-state index < -0.39 is 0 Å². The number of carbonyl (C=O) groups excluding carboxylic acids is 1. The summed E-state index contributed by atoms with van der Waals surface area (Å²) in [5, 5.41) is 0. The molecule has 5 heteroatoms. The van der Waals surface area contributed by atoms with E-state index in [0.717, 1.165) is 32.8 Å². The summed E-state index contributed by atoms with van der Waals surface area (Å²) in [6.07, 6.45) is -0.109. The van der Waals surface area contributed by atoms with Gasteiger partial charge in [-0.15, -0.1) is 0 Å². The first-order chi connectivity index (χ1) is 9.69. The number of ether oxygens (including phenoxy) is 3. The lowest BCUT2D eigenvalue weighted by molar-refractivity contribution is -0.910. The minimum absolute atomic E-state index is 0.109. The van der Waals surface area contributed by atoms with Crippen molar-refractivity contribution in [2.45, 2.75) is 13.0 Å². The van der Waals surface area contributed by atoms with Gasteiger partial charge >= 0.3 is 5.97 Å². The molecule has 1 aliphatic heterocycles. The number of carbonyl (C=O) groups is 1. The summed E-state index contributed by atoms with van der Waals surface area (Å²) in [6, 6.07) is 7.02. The van der Waals surface area contributed by atoms with Gasteiger partial charge < -0.3 is 19.1 Å². The molecule has 0 amide bonds. The van der Waals surface area contributed by atoms with Gasteiger partial charge in [-0.2, -0.15) is 0 Å². The van der Waals surface area contributed by atoms with Gasteiger partial charge in [-0.25, -0.2) is 4.79 Å². The monoisotopic (exact) mass is 280 g/mol. The van der Waals surface area contributed by atoms with Crippen LogP contribution in [0.2, 0.25) is 0 Å². The molecule has 1 saturated heterocycles. The second kappa shape index (κ2) is 7.26. The molecule has 0 aromatic heterocycles. The van der Waals surface area contributed by atoms with Crippen LogP contribution in [-0.4, -0.2) is 52.0 Å². The van der Waals surface area contributed by atoms with Crippen LogP contribution in [0.15, 0.2) is 24.3 Å². The molecule has 0 saturated carbocycles. The maximum absolute atomic E-state index is 12.1. The van der Waals surface area contributed by atoms with E-state index >= 15 is 0 Å². The van der Waals surface area contributed by atoms with Crippen molar-refractivity contribution in [2.24, 2.45) is 0 Å². The topological polar surface area (TPSA) is 49.2 Å². The number of hydrogen-bond donors (Lipinski definition) is 1. The second-order valence-electron chi connectivity index (χ2n) is 5.01. The fraction of sp³-hybridized carbons (Fsp3) is 0.533. The molecule has 0 aliphatic carbocycles. The summed E-state index contributed by atoms with van der Waals surface area (Å²) < 4.78 is 15.9. The molecule has 20 heavy (non-hydrogen) atoms. The predicted octanol–water partition coefficient (Wildman–Crippen LogP) is 0.156. The van der Waals surface area contributed by atoms with E-state index in [2.05, 4.69) is 0 Å². The van der Waals surface area contributed by atoms with Crippen LogP contribution in [0.3, 0.4) is 0 Å². The zero-order valence-electron chi connectivity index (χ0n) is 12.1. The predicted molar refractivity (Wildman–Crippen MR) is 74.3 cm³/mol. The van der Waals surface area contributed by atoms with Gasteiger partial charge in [-0.3, -0.25) is 0 Å². The summed E-state index contributed by atoms with van der Waals surface area (Å²) in [4.78, 5) is 13.5. The van der Waals surface area contributed by atoms with Crippen LogP contribution in [-0.2, 0) is 9.47 Å². The number of rotatable bonds is 5. The van der Waals surface area contributed by atoms with E-state index in [0.29, 0.717) is 11.3 Å². The summed E-state index contributed by atoms with van der Waals surface area (Å²) in [5.74, 6) is 0.356. The fourth-order valence-corrected chi connectivity index (χ4v) is 2.31. The van der Waals surface area contributed by atoms with E-state index in [9.17, 15) is 4.79 Å². The quantitative estimate of drug-likeness (QED) is 0.780. The fourth-order valence-electron chi connectivity index (χ4n) is 2.31. The third-order valence-corrected chi connectivity index (χ3v) is 3.39. The minimum atomic E-state index is -0.302. The van der Waals surface area contributed by atoms with Crippen molar-refractivity contribution < 1.29 is 23.9 Å². The smallest absolute Gasteiger partial charge is 0.338 e. The molecular formula is C15H22NO4+. The summed E-state index contributed by atoms with van der Waals surface area (Å²) in [6.45, 7) is 6.26. The first-order valence-corrected chi connectivity index (χ1v) is 6.95. The van der Waals surface area contributed by atoms with E-state index in [1.54, 1.807) is 31.4 Å². The number of quaternary nitrogens is 1. The summed E-state index contributed by atoms with van der Waals surface area (Å²) >= 11 is 0. The number of hydrogen-bond acceptors (Lipinski definition) is 4. The molecule has 1 N–H and O–H groups in total. The third-order valence-electron chi connectivity index (χ3n) is 3.39. The number of morpholine rings is 1. The van der Waals surface area contributed by atoms with Gasteiger partial charge in [0.1, 0.15) is 31.5 Å². The van der Waals surface area contributed by atoms with Crippen LogP contribution < -0.4 is 9.64 Å². The highest BCUT2D eigenvalue weighted by Crippen LogP contribution is 2.13. The van der Waals surface area contributed by atoms with E-state index in [4.69, 9.17) is 14.2 Å². The third kappa shape index (κ3) is 4.21. The van der Waals surface area contributed by atoms with Gasteiger partial charge in [0.25, 0.3) is 0 Å². The minimum Gasteiger partial charge on any atom is -0.497 e. The Bertz CT molecular complexity index is 443. The lowest BCUT2D eigenvalue weighted by Gasteiger charge is -2.26. The highest BCUT2D eigenvalue weighted by molar-refractivity contribution is 5.89. The summed E-state index contributed by atoms with van der Waals surface area (Å²) in [5.41, 5.74) is 0.521. The van der Waals surface area contributed by atoms with Gasteiger partial charge in [-0.05, 0) is 25.1 Å². The largest absolute Gasteiger partial charge is 0.497 e. The lowest BCUT2D eigenvalue weighted by Crippen LogP contribution is -3.15. The van der Waals surface area contributed by atoms with Gasteiger partial charge in [0.15, 0.2) is 0 Å². The van der Waals surface area contributed by atoms with Crippen LogP contribution >= 0.6 is 0 Å². The van der Waals surface area contributed by atoms with Crippen LogP contribution in [0.4, 0.5) is 0 Å². The normalized spacial score (nSPS) is 17.5. The summed E-state index contributed by atoms with van der Waals surface area (Å²) in [7, 11) is 1.58. The van der Waals surface area contributed by atoms with Crippen molar-refractivity contribution in [1.82, 2.24) is 0 Å². The Kier molecular flexibility index (Phi) is 5.38. The van der Waals surface area contributed by atoms with Gasteiger partial charge in [-0.1, -0.05) is 6.07 Å². The molecule has 0 radical (unpaired) electrons. The Balaban J connectivity index is 1.86. The Labute approximate surface area is 119 Å². The molecule has 1 heterocycles. The Morgan fingerprint density at radius 3 is 2.85 bits per heavy atom. The number of nitrogens with one attached hydrogen (secondary N) is 1. The molecule has 0 bridgehead atoms. The van der Waals surface area contributed by atoms with Gasteiger partial charge in [0, 0.05) is 0 Å². The SMILES string of the molecule is COc1cccc(C(=O)O[C@H](C)C[NH+]2CCOCC2)c1. The standard InChI is InChI=1S/C15H21NO4/c1-12(11-16-6-8-19-9-7-16)20-15(17)13-4-3-5-14(10-13)18-2/h3-5,10,12H,6-9,11H2,1-2H3/p+1/t12-/m1/s1. The molecule has 1 aliphatic rings. The van der Waals surface area contributed by atoms with Crippen LogP contribution in [0.1, 0.15) is 17.3 Å². The molecule has 2 rings (SSSR count). The second-order valence-corrected chi connectivity index (χ2v) is 5.01. The lowest BCUT2D eigenvalue weighted by atomic mass is 10.2. The first kappa shape index (κ1) is 14.8. The average molecular weight is 280 g/mol. The van der Waals surface area contributed by atoms with Gasteiger partial charge in [0.2, 0.25) is 0 Å². The molecule has 110 valence electrons.